The molecule has 1 unspecified atom stereocenters. The van der Waals surface area contributed by atoms with Crippen LogP contribution in [0, 0.1) is 5.92 Å². The van der Waals surface area contributed by atoms with Crippen LogP contribution >= 0.6 is 0 Å². The van der Waals surface area contributed by atoms with Crippen molar-refractivity contribution in [2.75, 3.05) is 7.05 Å². The maximum atomic E-state index is 11.6. The number of hydroxylamine groups is 2. The minimum Gasteiger partial charge on any atom is -0.481 e. The van der Waals surface area contributed by atoms with Crippen molar-refractivity contribution in [2.45, 2.75) is 71.1 Å². The summed E-state index contributed by atoms with van der Waals surface area (Å²) in [5.41, 5.74) is 0. The second kappa shape index (κ2) is 13.3. The van der Waals surface area contributed by atoms with Gasteiger partial charge in [-0.2, -0.15) is 0 Å². The molecule has 0 saturated heterocycles. The lowest BCUT2D eigenvalue weighted by Crippen LogP contribution is -2.30. The lowest BCUT2D eigenvalue weighted by molar-refractivity contribution is -0.164. The van der Waals surface area contributed by atoms with E-state index in [4.69, 9.17) is 10.3 Å². The number of hydrogen-bond acceptors (Lipinski definition) is 3. The molecular weight excluding hydrogens is 282 g/mol. The smallest absolute Gasteiger partial charge is 0.304 e. The maximum Gasteiger partial charge on any atom is 0.304 e. The van der Waals surface area contributed by atoms with Crippen LogP contribution in [-0.2, 0) is 9.59 Å². The molecule has 0 saturated carbocycles. The Labute approximate surface area is 134 Å². The standard InChI is InChI=1S/C17H31NO4/c1-3-4-5-6-7-8-9-10-11-12-13-15(14-16(19)20)17(21)18(2)22/h12-13,15,22H,3-11,14H2,1-2H3,(H,19,20). The molecule has 0 aromatic heterocycles. The Hall–Kier alpha value is -1.36. The Kier molecular flexibility index (Phi) is 12.5. The van der Waals surface area contributed by atoms with Crippen LogP contribution in [0.1, 0.15) is 71.1 Å². The van der Waals surface area contributed by atoms with Gasteiger partial charge in [-0.15, -0.1) is 0 Å². The number of hydrogen-bond donors (Lipinski definition) is 2. The summed E-state index contributed by atoms with van der Waals surface area (Å²) in [5.74, 6) is -2.42. The topological polar surface area (TPSA) is 77.8 Å². The average Bonchev–Trinajstić information content (AvgIpc) is 2.46. The third-order valence-electron chi connectivity index (χ3n) is 3.62. The van der Waals surface area contributed by atoms with E-state index < -0.39 is 17.8 Å². The van der Waals surface area contributed by atoms with E-state index >= 15 is 0 Å². The number of carbonyl (C=O) groups is 2. The molecule has 0 spiro atoms. The Balaban J connectivity index is 3.86. The minimum absolute atomic E-state index is 0.294. The molecule has 0 heterocycles. The van der Waals surface area contributed by atoms with Crippen molar-refractivity contribution in [3.05, 3.63) is 12.2 Å². The van der Waals surface area contributed by atoms with E-state index in [1.807, 2.05) is 6.08 Å². The molecule has 0 aliphatic carbocycles. The highest BCUT2D eigenvalue weighted by atomic mass is 16.5. The third-order valence-corrected chi connectivity index (χ3v) is 3.62. The Morgan fingerprint density at radius 3 is 2.09 bits per heavy atom. The lowest BCUT2D eigenvalue weighted by atomic mass is 10.0. The molecule has 22 heavy (non-hydrogen) atoms. The summed E-state index contributed by atoms with van der Waals surface area (Å²) in [6, 6.07) is 0. The molecule has 0 aliphatic heterocycles. The predicted octanol–water partition coefficient (Wildman–Crippen LogP) is 4.01. The number of carboxylic acid groups (broad SMARTS) is 1. The fraction of sp³-hybridized carbons (Fsp3) is 0.765. The van der Waals surface area contributed by atoms with Crippen molar-refractivity contribution in [2.24, 2.45) is 5.92 Å². The monoisotopic (exact) mass is 313 g/mol. The summed E-state index contributed by atoms with van der Waals surface area (Å²) in [6.45, 7) is 2.21. The number of allylic oxidation sites excluding steroid dienone is 1. The Morgan fingerprint density at radius 2 is 1.59 bits per heavy atom. The quantitative estimate of drug-likeness (QED) is 0.233. The zero-order valence-corrected chi connectivity index (χ0v) is 14.0. The number of amides is 1. The van der Waals surface area contributed by atoms with Crippen molar-refractivity contribution >= 4 is 11.9 Å². The van der Waals surface area contributed by atoms with Crippen molar-refractivity contribution in [3.63, 3.8) is 0 Å². The van der Waals surface area contributed by atoms with Crippen molar-refractivity contribution in [1.82, 2.24) is 5.06 Å². The molecule has 0 aromatic rings. The SMILES string of the molecule is CCCCCCCCCCC=CC(CC(=O)O)C(=O)N(C)O. The second-order valence-electron chi connectivity index (χ2n) is 5.76. The van der Waals surface area contributed by atoms with Gasteiger partial charge < -0.3 is 5.11 Å². The first-order chi connectivity index (χ1) is 10.5. The summed E-state index contributed by atoms with van der Waals surface area (Å²) in [4.78, 5) is 22.4. The van der Waals surface area contributed by atoms with Gasteiger partial charge in [0.1, 0.15) is 0 Å². The highest BCUT2D eigenvalue weighted by molar-refractivity contribution is 5.83. The Morgan fingerprint density at radius 1 is 1.05 bits per heavy atom. The molecule has 0 rings (SSSR count). The van der Waals surface area contributed by atoms with Gasteiger partial charge in [0.2, 0.25) is 0 Å². The van der Waals surface area contributed by atoms with Gasteiger partial charge in [-0.1, -0.05) is 64.0 Å². The molecule has 0 aromatic carbocycles. The summed E-state index contributed by atoms with van der Waals surface area (Å²) in [6.07, 6.45) is 13.9. The van der Waals surface area contributed by atoms with Gasteiger partial charge in [-0.05, 0) is 12.8 Å². The van der Waals surface area contributed by atoms with Gasteiger partial charge in [-0.3, -0.25) is 14.8 Å². The predicted molar refractivity (Wildman–Crippen MR) is 86.7 cm³/mol. The van der Waals surface area contributed by atoms with Crippen LogP contribution < -0.4 is 0 Å². The first-order valence-electron chi connectivity index (χ1n) is 8.34. The van der Waals surface area contributed by atoms with Crippen LogP contribution in [0.15, 0.2) is 12.2 Å². The van der Waals surface area contributed by atoms with Gasteiger partial charge >= 0.3 is 5.97 Å². The van der Waals surface area contributed by atoms with Crippen LogP contribution in [0.5, 0.6) is 0 Å². The molecule has 128 valence electrons. The van der Waals surface area contributed by atoms with Crippen molar-refractivity contribution in [1.29, 1.82) is 0 Å². The van der Waals surface area contributed by atoms with Crippen molar-refractivity contribution < 1.29 is 19.9 Å². The summed E-state index contributed by atoms with van der Waals surface area (Å²) >= 11 is 0. The van der Waals surface area contributed by atoms with E-state index in [1.165, 1.54) is 45.6 Å². The number of carbonyl (C=O) groups excluding carboxylic acids is 1. The third kappa shape index (κ3) is 11.3. The van der Waals surface area contributed by atoms with Gasteiger partial charge in [0, 0.05) is 7.05 Å². The first-order valence-corrected chi connectivity index (χ1v) is 8.34. The highest BCUT2D eigenvalue weighted by Crippen LogP contribution is 2.12. The molecule has 0 bridgehead atoms. The number of nitrogens with zero attached hydrogens (tertiary/aromatic N) is 1. The normalized spacial score (nSPS) is 12.5. The number of unbranched alkanes of at least 4 members (excludes halogenated alkanes) is 8. The molecule has 0 fully saturated rings. The van der Waals surface area contributed by atoms with E-state index in [0.717, 1.165) is 19.3 Å². The zero-order chi connectivity index (χ0) is 16.8. The maximum absolute atomic E-state index is 11.6. The van der Waals surface area contributed by atoms with Crippen LogP contribution in [0.25, 0.3) is 0 Å². The Bertz CT molecular complexity index is 340. The van der Waals surface area contributed by atoms with Gasteiger partial charge in [0.25, 0.3) is 5.91 Å². The van der Waals surface area contributed by atoms with Crippen LogP contribution in [0.4, 0.5) is 0 Å². The van der Waals surface area contributed by atoms with E-state index in [0.29, 0.717) is 5.06 Å². The van der Waals surface area contributed by atoms with E-state index in [9.17, 15) is 9.59 Å². The zero-order valence-electron chi connectivity index (χ0n) is 14.0. The summed E-state index contributed by atoms with van der Waals surface area (Å²) in [5, 5.41) is 18.4. The largest absolute Gasteiger partial charge is 0.481 e. The minimum atomic E-state index is -1.04. The fourth-order valence-electron chi connectivity index (χ4n) is 2.32. The van der Waals surface area contributed by atoms with Gasteiger partial charge in [-0.25, -0.2) is 5.06 Å². The second-order valence-corrected chi connectivity index (χ2v) is 5.76. The summed E-state index contributed by atoms with van der Waals surface area (Å²) < 4.78 is 0. The lowest BCUT2D eigenvalue weighted by Gasteiger charge is -2.14. The first kappa shape index (κ1) is 20.6. The van der Waals surface area contributed by atoms with E-state index in [-0.39, 0.29) is 6.42 Å². The fourth-order valence-corrected chi connectivity index (χ4v) is 2.32. The molecule has 5 nitrogen and oxygen atoms in total. The van der Waals surface area contributed by atoms with Crippen LogP contribution in [0.2, 0.25) is 0 Å². The number of aliphatic carboxylic acids is 1. The van der Waals surface area contributed by atoms with Gasteiger partial charge in [0.05, 0.1) is 12.3 Å². The molecule has 2 N–H and O–H groups in total. The van der Waals surface area contributed by atoms with Gasteiger partial charge in [0.15, 0.2) is 0 Å². The molecule has 0 aliphatic rings. The average molecular weight is 313 g/mol. The molecule has 5 heteroatoms. The van der Waals surface area contributed by atoms with E-state index in [2.05, 4.69) is 6.92 Å². The molecular formula is C17H31NO4. The molecule has 1 amide bonds. The van der Waals surface area contributed by atoms with Crippen LogP contribution in [0.3, 0.4) is 0 Å². The van der Waals surface area contributed by atoms with E-state index in [1.54, 1.807) is 6.08 Å². The molecule has 0 radical (unpaired) electrons. The van der Waals surface area contributed by atoms with Crippen LogP contribution in [-0.4, -0.2) is 34.3 Å². The highest BCUT2D eigenvalue weighted by Gasteiger charge is 2.21. The summed E-state index contributed by atoms with van der Waals surface area (Å²) in [7, 11) is 1.21. The number of rotatable bonds is 13. The number of carboxylic acids is 1. The molecule has 1 atom stereocenters. The van der Waals surface area contributed by atoms with Crippen molar-refractivity contribution in [3.8, 4) is 0 Å².